The molecule has 0 unspecified atom stereocenters. The van der Waals surface area contributed by atoms with Gasteiger partial charge in [-0.3, -0.25) is 9.59 Å². The highest BCUT2D eigenvalue weighted by molar-refractivity contribution is 5.92. The zero-order valence-electron chi connectivity index (χ0n) is 15.0. The number of anilines is 1. The number of benzene rings is 2. The third-order valence-corrected chi connectivity index (χ3v) is 4.19. The molecule has 1 amide bonds. The number of amides is 1. The van der Waals surface area contributed by atoms with Gasteiger partial charge in [0.15, 0.2) is 0 Å². The molecule has 2 aromatic carbocycles. The first kappa shape index (κ1) is 18.4. The lowest BCUT2D eigenvalue weighted by Crippen LogP contribution is -2.17. The fourth-order valence-corrected chi connectivity index (χ4v) is 2.77. The average molecular weight is 370 g/mol. The maximum Gasteiger partial charge on any atom is 0.251 e. The van der Waals surface area contributed by atoms with Gasteiger partial charge in [-0.25, -0.2) is 4.39 Å². The minimum atomic E-state index is -0.384. The third kappa shape index (κ3) is 4.25. The summed E-state index contributed by atoms with van der Waals surface area (Å²) >= 11 is 0. The highest BCUT2D eigenvalue weighted by Gasteiger charge is 2.11. The Morgan fingerprint density at radius 1 is 1.11 bits per heavy atom. The molecule has 3 rings (SSSR count). The molecule has 7 heteroatoms. The summed E-state index contributed by atoms with van der Waals surface area (Å²) in [5, 5.41) is 3.34. The molecule has 3 aromatic rings. The van der Waals surface area contributed by atoms with E-state index in [1.165, 1.54) is 25.3 Å². The number of rotatable bonds is 6. The van der Waals surface area contributed by atoms with Crippen LogP contribution in [0.3, 0.4) is 0 Å². The summed E-state index contributed by atoms with van der Waals surface area (Å²) in [7, 11) is 3.04. The van der Waals surface area contributed by atoms with Crippen LogP contribution in [-0.4, -0.2) is 25.1 Å². The monoisotopic (exact) mass is 370 g/mol. The Kier molecular flexibility index (Phi) is 5.40. The van der Waals surface area contributed by atoms with Crippen LogP contribution in [-0.2, 0) is 11.2 Å². The van der Waals surface area contributed by atoms with Crippen LogP contribution in [0, 0.1) is 5.82 Å². The predicted octanol–water partition coefficient (Wildman–Crippen LogP) is 3.26. The van der Waals surface area contributed by atoms with Gasteiger partial charge in [-0.05, 0) is 42.8 Å². The van der Waals surface area contributed by atoms with Crippen molar-refractivity contribution in [1.82, 2.24) is 4.98 Å². The number of pyridine rings is 1. The number of ether oxygens (including phenoxy) is 2. The number of carbonyl (C=O) groups excluding carboxylic acids is 1. The predicted molar refractivity (Wildman–Crippen MR) is 101 cm³/mol. The molecule has 0 radical (unpaired) electrons. The van der Waals surface area contributed by atoms with E-state index < -0.39 is 0 Å². The Labute approximate surface area is 154 Å². The van der Waals surface area contributed by atoms with Gasteiger partial charge in [-0.15, -0.1) is 0 Å². The number of H-pyrrole nitrogens is 1. The number of fused-ring (bicyclic) bond motifs is 1. The Balaban J connectivity index is 1.72. The average Bonchev–Trinajstić information content (AvgIpc) is 2.67. The van der Waals surface area contributed by atoms with E-state index >= 15 is 0 Å². The number of nitrogens with one attached hydrogen (secondary N) is 2. The summed E-state index contributed by atoms with van der Waals surface area (Å²) in [4.78, 5) is 27.1. The van der Waals surface area contributed by atoms with Crippen LogP contribution in [0.25, 0.3) is 10.9 Å². The molecule has 0 saturated heterocycles. The maximum atomic E-state index is 13.4. The largest absolute Gasteiger partial charge is 0.497 e. The lowest BCUT2D eigenvalue weighted by atomic mass is 10.1. The number of hydrogen-bond acceptors (Lipinski definition) is 4. The summed E-state index contributed by atoms with van der Waals surface area (Å²) in [5.74, 6) is 0.434. The third-order valence-electron chi connectivity index (χ3n) is 4.19. The Morgan fingerprint density at radius 3 is 2.67 bits per heavy atom. The molecule has 6 nitrogen and oxygen atoms in total. The van der Waals surface area contributed by atoms with Crippen molar-refractivity contribution in [2.45, 2.75) is 12.8 Å². The highest BCUT2D eigenvalue weighted by Crippen LogP contribution is 2.29. The smallest absolute Gasteiger partial charge is 0.251 e. The zero-order chi connectivity index (χ0) is 19.4. The van der Waals surface area contributed by atoms with Crippen LogP contribution >= 0.6 is 0 Å². The van der Waals surface area contributed by atoms with Gasteiger partial charge in [0.25, 0.3) is 5.56 Å². The van der Waals surface area contributed by atoms with Crippen molar-refractivity contribution < 1.29 is 18.7 Å². The molecular formula is C20H19FN2O4. The number of hydrogen-bond donors (Lipinski definition) is 2. The number of aromatic nitrogens is 1. The van der Waals surface area contributed by atoms with Crippen molar-refractivity contribution in [3.63, 3.8) is 0 Å². The minimum absolute atomic E-state index is 0.0963. The number of methoxy groups -OCH3 is 2. The van der Waals surface area contributed by atoms with Crippen LogP contribution in [0.1, 0.15) is 12.0 Å². The summed E-state index contributed by atoms with van der Waals surface area (Å²) < 4.78 is 23.7. The molecule has 0 fully saturated rings. The molecule has 27 heavy (non-hydrogen) atoms. The summed E-state index contributed by atoms with van der Waals surface area (Å²) in [5.41, 5.74) is 1.20. The fourth-order valence-electron chi connectivity index (χ4n) is 2.77. The fraction of sp³-hybridized carbons (Fsp3) is 0.200. The summed E-state index contributed by atoms with van der Waals surface area (Å²) in [6.45, 7) is 0. The van der Waals surface area contributed by atoms with Crippen molar-refractivity contribution >= 4 is 22.5 Å². The van der Waals surface area contributed by atoms with Crippen molar-refractivity contribution in [2.24, 2.45) is 0 Å². The quantitative estimate of drug-likeness (QED) is 0.698. The zero-order valence-corrected chi connectivity index (χ0v) is 15.0. The van der Waals surface area contributed by atoms with Crippen molar-refractivity contribution in [2.75, 3.05) is 19.5 Å². The van der Waals surface area contributed by atoms with Gasteiger partial charge < -0.3 is 19.8 Å². The van der Waals surface area contributed by atoms with Crippen molar-refractivity contribution in [1.29, 1.82) is 0 Å². The van der Waals surface area contributed by atoms with Gasteiger partial charge in [0.05, 0.1) is 19.9 Å². The minimum Gasteiger partial charge on any atom is -0.497 e. The first-order valence-electron chi connectivity index (χ1n) is 8.33. The number of halogens is 1. The lowest BCUT2D eigenvalue weighted by molar-refractivity contribution is -0.116. The maximum absolute atomic E-state index is 13.4. The van der Waals surface area contributed by atoms with Crippen LogP contribution in [0.5, 0.6) is 11.5 Å². The van der Waals surface area contributed by atoms with Crippen molar-refractivity contribution in [3.8, 4) is 11.5 Å². The van der Waals surface area contributed by atoms with Gasteiger partial charge in [0.1, 0.15) is 17.3 Å². The van der Waals surface area contributed by atoms with E-state index in [4.69, 9.17) is 9.47 Å². The van der Waals surface area contributed by atoms with Crippen LogP contribution in [0.15, 0.2) is 47.3 Å². The van der Waals surface area contributed by atoms with E-state index in [2.05, 4.69) is 10.3 Å². The Bertz CT molecular complexity index is 1050. The van der Waals surface area contributed by atoms with E-state index in [1.54, 1.807) is 31.4 Å². The van der Waals surface area contributed by atoms with Crippen LogP contribution in [0.2, 0.25) is 0 Å². The second-order valence-corrected chi connectivity index (χ2v) is 5.97. The molecule has 0 aliphatic carbocycles. The van der Waals surface area contributed by atoms with Gasteiger partial charge >= 0.3 is 0 Å². The lowest BCUT2D eigenvalue weighted by Gasteiger charge is -2.11. The molecule has 140 valence electrons. The Hall–Kier alpha value is -3.35. The first-order chi connectivity index (χ1) is 13.0. The molecule has 0 atom stereocenters. The molecule has 0 saturated carbocycles. The van der Waals surface area contributed by atoms with Crippen LogP contribution in [0.4, 0.5) is 10.1 Å². The second kappa shape index (κ2) is 7.90. The van der Waals surface area contributed by atoms with Crippen LogP contribution < -0.4 is 20.3 Å². The normalized spacial score (nSPS) is 10.6. The highest BCUT2D eigenvalue weighted by atomic mass is 19.1. The van der Waals surface area contributed by atoms with E-state index in [9.17, 15) is 14.0 Å². The number of aryl methyl sites for hydroxylation is 1. The number of aromatic amines is 1. The molecule has 1 aromatic heterocycles. The summed E-state index contributed by atoms with van der Waals surface area (Å²) in [6, 6.07) is 10.8. The van der Waals surface area contributed by atoms with Crippen molar-refractivity contribution in [3.05, 3.63) is 64.2 Å². The Morgan fingerprint density at radius 2 is 1.93 bits per heavy atom. The number of carbonyl (C=O) groups is 1. The molecular weight excluding hydrogens is 351 g/mol. The topological polar surface area (TPSA) is 80.4 Å². The van der Waals surface area contributed by atoms with E-state index in [0.29, 0.717) is 33.7 Å². The van der Waals surface area contributed by atoms with E-state index in [-0.39, 0.29) is 30.1 Å². The molecule has 1 heterocycles. The standard InChI is InChI=1S/C20H19FN2O4/c1-26-15-5-7-17(18(11-15)27-2)22-19(24)8-3-12-9-13-10-14(21)4-6-16(13)23-20(12)25/h4-7,9-11H,3,8H2,1-2H3,(H,22,24)(H,23,25). The van der Waals surface area contributed by atoms with Gasteiger partial charge in [-0.1, -0.05) is 0 Å². The van der Waals surface area contributed by atoms with E-state index in [1.807, 2.05) is 0 Å². The second-order valence-electron chi connectivity index (χ2n) is 5.97. The first-order valence-corrected chi connectivity index (χ1v) is 8.33. The molecule has 0 spiro atoms. The molecule has 0 aliphatic rings. The van der Waals surface area contributed by atoms with E-state index in [0.717, 1.165) is 0 Å². The molecule has 2 N–H and O–H groups in total. The summed E-state index contributed by atoms with van der Waals surface area (Å²) in [6.07, 6.45) is 0.325. The van der Waals surface area contributed by atoms with Gasteiger partial charge in [-0.2, -0.15) is 0 Å². The molecule has 0 bridgehead atoms. The van der Waals surface area contributed by atoms with Gasteiger partial charge in [0.2, 0.25) is 5.91 Å². The van der Waals surface area contributed by atoms with Gasteiger partial charge in [0, 0.05) is 29.0 Å². The molecule has 0 aliphatic heterocycles. The SMILES string of the molecule is COc1ccc(NC(=O)CCc2cc3cc(F)ccc3[nH]c2=O)c(OC)c1.